The average molecular weight is 303 g/mol. The number of amides is 3. The molecule has 0 unspecified atom stereocenters. The standard InChI is InChI=1S/C15H21N5O2/c1-15-5-3-6-19(15)14(22)20(13(15)21)11-4-7-18(10-11)12-8-16-17(2)9-12/h8-9,11H,3-7,10H2,1-2H3/t11-,15-/m0/s1. The Morgan fingerprint density at radius 2 is 2.14 bits per heavy atom. The summed E-state index contributed by atoms with van der Waals surface area (Å²) in [5.74, 6) is -0.00645. The van der Waals surface area contributed by atoms with E-state index in [0.717, 1.165) is 31.5 Å². The highest BCUT2D eigenvalue weighted by Crippen LogP contribution is 2.39. The molecule has 3 aliphatic rings. The van der Waals surface area contributed by atoms with E-state index in [9.17, 15) is 9.59 Å². The summed E-state index contributed by atoms with van der Waals surface area (Å²) in [5, 5.41) is 4.19. The highest BCUT2D eigenvalue weighted by molar-refractivity contribution is 6.07. The SMILES string of the molecule is Cn1cc(N2CC[C@H](N3C(=O)N4CCC[C@@]4(C)C3=O)C2)cn1. The van der Waals surface area contributed by atoms with Crippen LogP contribution in [0.3, 0.4) is 0 Å². The number of hydrogen-bond acceptors (Lipinski definition) is 4. The van der Waals surface area contributed by atoms with Crippen LogP contribution in [0.1, 0.15) is 26.2 Å². The molecule has 0 N–H and O–H groups in total. The minimum Gasteiger partial charge on any atom is -0.367 e. The molecule has 3 amide bonds. The van der Waals surface area contributed by atoms with Crippen LogP contribution >= 0.6 is 0 Å². The van der Waals surface area contributed by atoms with Crippen LogP contribution in [0, 0.1) is 0 Å². The van der Waals surface area contributed by atoms with Crippen LogP contribution < -0.4 is 4.90 Å². The van der Waals surface area contributed by atoms with E-state index >= 15 is 0 Å². The highest BCUT2D eigenvalue weighted by Gasteiger charge is 2.58. The highest BCUT2D eigenvalue weighted by atomic mass is 16.2. The van der Waals surface area contributed by atoms with Crippen molar-refractivity contribution < 1.29 is 9.59 Å². The number of carbonyl (C=O) groups is 2. The Bertz CT molecular complexity index is 642. The van der Waals surface area contributed by atoms with Crippen LogP contribution in [0.4, 0.5) is 10.5 Å². The fourth-order valence-electron chi connectivity index (χ4n) is 4.05. The molecule has 1 aromatic rings. The van der Waals surface area contributed by atoms with Gasteiger partial charge in [0.05, 0.1) is 17.9 Å². The average Bonchev–Trinajstić information content (AvgIpc) is 3.20. The van der Waals surface area contributed by atoms with Gasteiger partial charge in [0.25, 0.3) is 5.91 Å². The Hall–Kier alpha value is -2.05. The monoisotopic (exact) mass is 303 g/mol. The van der Waals surface area contributed by atoms with Crippen LogP contribution in [-0.4, -0.2) is 62.7 Å². The van der Waals surface area contributed by atoms with Gasteiger partial charge in [0.2, 0.25) is 0 Å². The third-order valence-corrected chi connectivity index (χ3v) is 5.34. The van der Waals surface area contributed by atoms with Crippen molar-refractivity contribution in [3.8, 4) is 0 Å². The molecule has 0 aliphatic carbocycles. The molecule has 0 aromatic carbocycles. The Morgan fingerprint density at radius 3 is 2.82 bits per heavy atom. The van der Waals surface area contributed by atoms with Gasteiger partial charge in [0, 0.05) is 32.9 Å². The van der Waals surface area contributed by atoms with Gasteiger partial charge in [-0.25, -0.2) is 4.79 Å². The quantitative estimate of drug-likeness (QED) is 0.759. The van der Waals surface area contributed by atoms with Gasteiger partial charge in [0.15, 0.2) is 0 Å². The molecule has 0 saturated carbocycles. The van der Waals surface area contributed by atoms with E-state index in [2.05, 4.69) is 10.00 Å². The van der Waals surface area contributed by atoms with E-state index in [1.54, 1.807) is 9.58 Å². The van der Waals surface area contributed by atoms with Gasteiger partial charge < -0.3 is 9.80 Å². The van der Waals surface area contributed by atoms with Crippen molar-refractivity contribution in [3.05, 3.63) is 12.4 Å². The van der Waals surface area contributed by atoms with Gasteiger partial charge in [-0.2, -0.15) is 5.10 Å². The van der Waals surface area contributed by atoms with E-state index in [1.807, 2.05) is 26.4 Å². The maximum atomic E-state index is 12.8. The molecule has 7 nitrogen and oxygen atoms in total. The summed E-state index contributed by atoms with van der Waals surface area (Å²) in [6.45, 7) is 4.17. The number of hydrogen-bond donors (Lipinski definition) is 0. The van der Waals surface area contributed by atoms with Crippen LogP contribution in [0.5, 0.6) is 0 Å². The number of carbonyl (C=O) groups excluding carboxylic acids is 2. The van der Waals surface area contributed by atoms with Crippen molar-refractivity contribution in [2.75, 3.05) is 24.5 Å². The van der Waals surface area contributed by atoms with Crippen molar-refractivity contribution in [2.24, 2.45) is 7.05 Å². The topological polar surface area (TPSA) is 61.7 Å². The molecule has 3 aliphatic heterocycles. The summed E-state index contributed by atoms with van der Waals surface area (Å²) in [5.41, 5.74) is 0.453. The lowest BCUT2D eigenvalue weighted by molar-refractivity contribution is -0.133. The summed E-state index contributed by atoms with van der Waals surface area (Å²) in [4.78, 5) is 30.9. The van der Waals surface area contributed by atoms with Crippen LogP contribution in [-0.2, 0) is 11.8 Å². The Labute approximate surface area is 129 Å². The fraction of sp³-hybridized carbons (Fsp3) is 0.667. The molecule has 0 radical (unpaired) electrons. The number of urea groups is 1. The van der Waals surface area contributed by atoms with Crippen LogP contribution in [0.2, 0.25) is 0 Å². The zero-order valence-electron chi connectivity index (χ0n) is 13.0. The van der Waals surface area contributed by atoms with Gasteiger partial charge in [-0.15, -0.1) is 0 Å². The van der Waals surface area contributed by atoms with Gasteiger partial charge in [-0.1, -0.05) is 0 Å². The lowest BCUT2D eigenvalue weighted by Crippen LogP contribution is -2.45. The normalized spacial score (nSPS) is 31.5. The summed E-state index contributed by atoms with van der Waals surface area (Å²) < 4.78 is 1.77. The predicted octanol–water partition coefficient (Wildman–Crippen LogP) is 0.816. The second-order valence-electron chi connectivity index (χ2n) is 6.75. The van der Waals surface area contributed by atoms with E-state index in [-0.39, 0.29) is 18.0 Å². The number of imide groups is 1. The minimum atomic E-state index is -0.598. The molecule has 4 rings (SSSR count). The van der Waals surface area contributed by atoms with Gasteiger partial charge in [-0.05, 0) is 26.2 Å². The largest absolute Gasteiger partial charge is 0.367 e. The first-order valence-corrected chi connectivity index (χ1v) is 7.89. The van der Waals surface area contributed by atoms with E-state index in [4.69, 9.17) is 0 Å². The maximum absolute atomic E-state index is 12.8. The molecule has 1 aromatic heterocycles. The number of rotatable bonds is 2. The predicted molar refractivity (Wildman–Crippen MR) is 80.4 cm³/mol. The molecule has 7 heteroatoms. The Balaban J connectivity index is 1.54. The third kappa shape index (κ3) is 1.71. The second-order valence-corrected chi connectivity index (χ2v) is 6.75. The lowest BCUT2D eigenvalue weighted by Gasteiger charge is -2.23. The number of aryl methyl sites for hydroxylation is 1. The summed E-state index contributed by atoms with van der Waals surface area (Å²) in [7, 11) is 1.89. The van der Waals surface area contributed by atoms with E-state index < -0.39 is 5.54 Å². The molecule has 2 atom stereocenters. The molecular formula is C15H21N5O2. The molecule has 0 spiro atoms. The molecule has 3 saturated heterocycles. The number of aromatic nitrogens is 2. The molecule has 4 heterocycles. The van der Waals surface area contributed by atoms with E-state index in [1.165, 1.54) is 4.90 Å². The van der Waals surface area contributed by atoms with Crippen LogP contribution in [0.15, 0.2) is 12.4 Å². The third-order valence-electron chi connectivity index (χ3n) is 5.34. The molecule has 0 bridgehead atoms. The second kappa shape index (κ2) is 4.47. The fourth-order valence-corrected chi connectivity index (χ4v) is 4.05. The zero-order chi connectivity index (χ0) is 15.5. The van der Waals surface area contributed by atoms with Crippen LogP contribution in [0.25, 0.3) is 0 Å². The van der Waals surface area contributed by atoms with Gasteiger partial charge in [0.1, 0.15) is 5.54 Å². The summed E-state index contributed by atoms with van der Waals surface area (Å²) >= 11 is 0. The summed E-state index contributed by atoms with van der Waals surface area (Å²) in [6.07, 6.45) is 6.34. The number of nitrogens with zero attached hydrogens (tertiary/aromatic N) is 5. The van der Waals surface area contributed by atoms with Crippen molar-refractivity contribution in [2.45, 2.75) is 37.8 Å². The zero-order valence-corrected chi connectivity index (χ0v) is 13.0. The van der Waals surface area contributed by atoms with E-state index in [0.29, 0.717) is 13.1 Å². The van der Waals surface area contributed by atoms with Crippen molar-refractivity contribution in [1.29, 1.82) is 0 Å². The number of anilines is 1. The smallest absolute Gasteiger partial charge is 0.327 e. The molecule has 22 heavy (non-hydrogen) atoms. The molecular weight excluding hydrogens is 282 g/mol. The molecule has 118 valence electrons. The first kappa shape index (κ1) is 13.6. The van der Waals surface area contributed by atoms with Crippen molar-refractivity contribution >= 4 is 17.6 Å². The Morgan fingerprint density at radius 1 is 1.32 bits per heavy atom. The first-order valence-electron chi connectivity index (χ1n) is 7.89. The van der Waals surface area contributed by atoms with Gasteiger partial charge in [-0.3, -0.25) is 14.4 Å². The minimum absolute atomic E-state index is 0.00645. The first-order chi connectivity index (χ1) is 10.5. The lowest BCUT2D eigenvalue weighted by atomic mass is 9.99. The number of fused-ring (bicyclic) bond motifs is 1. The Kier molecular flexibility index (Phi) is 2.76. The van der Waals surface area contributed by atoms with Crippen molar-refractivity contribution in [3.63, 3.8) is 0 Å². The molecule has 3 fully saturated rings. The van der Waals surface area contributed by atoms with Crippen molar-refractivity contribution in [1.82, 2.24) is 19.6 Å². The van der Waals surface area contributed by atoms with Gasteiger partial charge >= 0.3 is 6.03 Å². The maximum Gasteiger partial charge on any atom is 0.327 e. The summed E-state index contributed by atoms with van der Waals surface area (Å²) in [6, 6.07) is -0.120.